The minimum absolute atomic E-state index is 0.0150. The molecule has 4 nitrogen and oxygen atoms in total. The van der Waals surface area contributed by atoms with Gasteiger partial charge < -0.3 is 10.2 Å². The highest BCUT2D eigenvalue weighted by Gasteiger charge is 2.34. The molecule has 0 aromatic heterocycles. The van der Waals surface area contributed by atoms with E-state index in [0.717, 1.165) is 11.1 Å². The molecule has 0 bridgehead atoms. The highest BCUT2D eigenvalue weighted by molar-refractivity contribution is 6.35. The van der Waals surface area contributed by atoms with Crippen molar-refractivity contribution in [2.45, 2.75) is 19.9 Å². The molecule has 25 heavy (non-hydrogen) atoms. The molecule has 1 N–H and O–H groups in total. The van der Waals surface area contributed by atoms with Crippen LogP contribution in [0, 0.1) is 12.8 Å². The lowest BCUT2D eigenvalue weighted by Crippen LogP contribution is -2.28. The molecule has 1 aliphatic rings. The Morgan fingerprint density at radius 2 is 2.04 bits per heavy atom. The molecule has 3 rings (SSSR count). The van der Waals surface area contributed by atoms with E-state index < -0.39 is 5.92 Å². The smallest absolute Gasteiger partial charge is 0.229 e. The van der Waals surface area contributed by atoms with Crippen LogP contribution < -0.4 is 5.32 Å². The van der Waals surface area contributed by atoms with Crippen molar-refractivity contribution >= 4 is 40.7 Å². The predicted octanol–water partition coefficient (Wildman–Crippen LogP) is 4.29. The number of carbonyl (C=O) groups excluding carboxylic acids is 2. The molecule has 1 atom stereocenters. The molecule has 130 valence electrons. The molecule has 0 saturated carbocycles. The number of aryl methyl sites for hydroxylation is 1. The summed E-state index contributed by atoms with van der Waals surface area (Å²) in [5, 5.41) is 3.68. The third kappa shape index (κ3) is 4.33. The first-order valence-electron chi connectivity index (χ1n) is 8.01. The van der Waals surface area contributed by atoms with Gasteiger partial charge in [-0.05, 0) is 30.7 Å². The summed E-state index contributed by atoms with van der Waals surface area (Å²) in [5.74, 6) is -0.629. The Balaban J connectivity index is 1.65. The summed E-state index contributed by atoms with van der Waals surface area (Å²) in [6.07, 6.45) is 0.204. The summed E-state index contributed by atoms with van der Waals surface area (Å²) in [7, 11) is 0. The summed E-state index contributed by atoms with van der Waals surface area (Å²) in [5.41, 5.74) is 2.67. The summed E-state index contributed by atoms with van der Waals surface area (Å²) in [6.45, 7) is 2.93. The van der Waals surface area contributed by atoms with Crippen molar-refractivity contribution < 1.29 is 9.59 Å². The average Bonchev–Trinajstić information content (AvgIpc) is 2.92. The van der Waals surface area contributed by atoms with E-state index in [2.05, 4.69) is 5.32 Å². The Hall–Kier alpha value is -2.04. The van der Waals surface area contributed by atoms with E-state index >= 15 is 0 Å². The van der Waals surface area contributed by atoms with Crippen LogP contribution in [0.3, 0.4) is 0 Å². The number of hydrogen-bond donors (Lipinski definition) is 1. The molecule has 0 radical (unpaired) electrons. The van der Waals surface area contributed by atoms with Gasteiger partial charge in [-0.25, -0.2) is 0 Å². The van der Waals surface area contributed by atoms with Crippen LogP contribution in [0.1, 0.15) is 17.5 Å². The molecule has 1 saturated heterocycles. The van der Waals surface area contributed by atoms with Crippen LogP contribution in [0.5, 0.6) is 0 Å². The number of nitrogens with zero attached hydrogens (tertiary/aromatic N) is 1. The van der Waals surface area contributed by atoms with Gasteiger partial charge in [0.25, 0.3) is 0 Å². The second-order valence-corrected chi connectivity index (χ2v) is 7.12. The Kier molecular flexibility index (Phi) is 5.30. The molecular formula is C19H18Cl2N2O2. The van der Waals surface area contributed by atoms with E-state index in [9.17, 15) is 9.59 Å². The molecule has 0 aliphatic carbocycles. The van der Waals surface area contributed by atoms with E-state index in [0.29, 0.717) is 28.8 Å². The molecule has 1 aliphatic heterocycles. The van der Waals surface area contributed by atoms with Crippen LogP contribution in [0.4, 0.5) is 5.69 Å². The van der Waals surface area contributed by atoms with Gasteiger partial charge in [0.15, 0.2) is 0 Å². The fourth-order valence-corrected chi connectivity index (χ4v) is 3.30. The lowest BCUT2D eigenvalue weighted by Gasteiger charge is -2.17. The highest BCUT2D eigenvalue weighted by Crippen LogP contribution is 2.27. The van der Waals surface area contributed by atoms with E-state index in [-0.39, 0.29) is 18.2 Å². The maximum Gasteiger partial charge on any atom is 0.229 e. The maximum atomic E-state index is 12.5. The standard InChI is InChI=1S/C19H18Cl2N2O2/c1-12-3-2-4-13(7-12)10-23-11-14(8-18(23)24)19(25)22-17-9-15(20)5-6-16(17)21/h2-7,9,14H,8,10-11H2,1H3,(H,22,25). The normalized spacial score (nSPS) is 17.0. The van der Waals surface area contributed by atoms with E-state index in [4.69, 9.17) is 23.2 Å². The third-order valence-corrected chi connectivity index (χ3v) is 4.79. The molecule has 2 aromatic rings. The predicted molar refractivity (Wildman–Crippen MR) is 99.8 cm³/mol. The van der Waals surface area contributed by atoms with Crippen LogP contribution in [0.15, 0.2) is 42.5 Å². The molecule has 1 unspecified atom stereocenters. The Labute approximate surface area is 156 Å². The zero-order valence-electron chi connectivity index (χ0n) is 13.8. The molecule has 6 heteroatoms. The first-order valence-corrected chi connectivity index (χ1v) is 8.77. The number of anilines is 1. The van der Waals surface area contributed by atoms with Crippen LogP contribution in [-0.2, 0) is 16.1 Å². The lowest BCUT2D eigenvalue weighted by molar-refractivity contribution is -0.128. The third-order valence-electron chi connectivity index (χ3n) is 4.23. The molecule has 1 heterocycles. The maximum absolute atomic E-state index is 12.5. The fraction of sp³-hybridized carbons (Fsp3) is 0.263. The topological polar surface area (TPSA) is 49.4 Å². The van der Waals surface area contributed by atoms with Gasteiger partial charge in [-0.3, -0.25) is 9.59 Å². The van der Waals surface area contributed by atoms with Crippen LogP contribution >= 0.6 is 23.2 Å². The van der Waals surface area contributed by atoms with E-state index in [1.54, 1.807) is 23.1 Å². The zero-order chi connectivity index (χ0) is 18.0. The quantitative estimate of drug-likeness (QED) is 0.864. The van der Waals surface area contributed by atoms with E-state index in [1.165, 1.54) is 0 Å². The molecule has 2 amide bonds. The van der Waals surface area contributed by atoms with Gasteiger partial charge in [-0.1, -0.05) is 53.0 Å². The van der Waals surface area contributed by atoms with Crippen LogP contribution in [0.2, 0.25) is 10.0 Å². The molecule has 2 aromatic carbocycles. The number of carbonyl (C=O) groups is 2. The van der Waals surface area contributed by atoms with Gasteiger partial charge >= 0.3 is 0 Å². The number of hydrogen-bond acceptors (Lipinski definition) is 2. The zero-order valence-corrected chi connectivity index (χ0v) is 15.3. The first-order chi connectivity index (χ1) is 11.9. The van der Waals surface area contributed by atoms with Crippen molar-refractivity contribution in [3.63, 3.8) is 0 Å². The average molecular weight is 377 g/mol. The van der Waals surface area contributed by atoms with Crippen LogP contribution in [-0.4, -0.2) is 23.3 Å². The number of halogens is 2. The summed E-state index contributed by atoms with van der Waals surface area (Å²) >= 11 is 12.0. The first kappa shape index (κ1) is 17.8. The van der Waals surface area contributed by atoms with Crippen molar-refractivity contribution in [1.82, 2.24) is 4.90 Å². The van der Waals surface area contributed by atoms with Gasteiger partial charge in [0.1, 0.15) is 0 Å². The Morgan fingerprint density at radius 3 is 2.80 bits per heavy atom. The number of amides is 2. The Morgan fingerprint density at radius 1 is 1.24 bits per heavy atom. The van der Waals surface area contributed by atoms with Gasteiger partial charge in [0.05, 0.1) is 16.6 Å². The lowest BCUT2D eigenvalue weighted by atomic mass is 10.1. The van der Waals surface area contributed by atoms with Crippen molar-refractivity contribution in [3.8, 4) is 0 Å². The minimum atomic E-state index is -0.396. The van der Waals surface area contributed by atoms with Gasteiger partial charge in [0.2, 0.25) is 11.8 Å². The number of benzene rings is 2. The minimum Gasteiger partial charge on any atom is -0.338 e. The molecule has 1 fully saturated rings. The van der Waals surface area contributed by atoms with Crippen molar-refractivity contribution in [2.24, 2.45) is 5.92 Å². The number of likely N-dealkylation sites (tertiary alicyclic amines) is 1. The number of rotatable bonds is 4. The molecular weight excluding hydrogens is 359 g/mol. The molecule has 0 spiro atoms. The van der Waals surface area contributed by atoms with Crippen LogP contribution in [0.25, 0.3) is 0 Å². The van der Waals surface area contributed by atoms with Gasteiger partial charge in [-0.2, -0.15) is 0 Å². The number of nitrogens with one attached hydrogen (secondary N) is 1. The van der Waals surface area contributed by atoms with Crippen molar-refractivity contribution in [1.29, 1.82) is 0 Å². The highest BCUT2D eigenvalue weighted by atomic mass is 35.5. The van der Waals surface area contributed by atoms with Crippen molar-refractivity contribution in [2.75, 3.05) is 11.9 Å². The second kappa shape index (κ2) is 7.46. The largest absolute Gasteiger partial charge is 0.338 e. The summed E-state index contributed by atoms with van der Waals surface area (Å²) in [6, 6.07) is 12.9. The van der Waals surface area contributed by atoms with Gasteiger partial charge in [0, 0.05) is 24.5 Å². The Bertz CT molecular complexity index is 823. The summed E-state index contributed by atoms with van der Waals surface area (Å²) in [4.78, 5) is 26.5. The monoisotopic (exact) mass is 376 g/mol. The fourth-order valence-electron chi connectivity index (χ4n) is 2.96. The second-order valence-electron chi connectivity index (χ2n) is 6.28. The van der Waals surface area contributed by atoms with E-state index in [1.807, 2.05) is 31.2 Å². The van der Waals surface area contributed by atoms with Gasteiger partial charge in [-0.15, -0.1) is 0 Å². The SMILES string of the molecule is Cc1cccc(CN2CC(C(=O)Nc3cc(Cl)ccc3Cl)CC2=O)c1. The van der Waals surface area contributed by atoms with Crippen molar-refractivity contribution in [3.05, 3.63) is 63.6 Å². The summed E-state index contributed by atoms with van der Waals surface area (Å²) < 4.78 is 0.